The molecule has 1 aromatic carbocycles. The Labute approximate surface area is 170 Å². The van der Waals surface area contributed by atoms with E-state index in [1.807, 2.05) is 7.05 Å². The van der Waals surface area contributed by atoms with E-state index in [2.05, 4.69) is 69.6 Å². The lowest BCUT2D eigenvalue weighted by Crippen LogP contribution is -2.47. The zero-order valence-electron chi connectivity index (χ0n) is 15.9. The molecular weight excluding hydrogens is 425 g/mol. The quantitative estimate of drug-likeness (QED) is 0.285. The highest BCUT2D eigenvalue weighted by molar-refractivity contribution is 14.0. The summed E-state index contributed by atoms with van der Waals surface area (Å²) < 4.78 is 0. The van der Waals surface area contributed by atoms with Gasteiger partial charge in [0.05, 0.1) is 0 Å². The van der Waals surface area contributed by atoms with Crippen molar-refractivity contribution in [2.45, 2.75) is 20.3 Å². The summed E-state index contributed by atoms with van der Waals surface area (Å²) in [6.45, 7) is 12.0. The molecule has 25 heavy (non-hydrogen) atoms. The molecule has 0 atom stereocenters. The van der Waals surface area contributed by atoms with Crippen molar-refractivity contribution >= 4 is 35.6 Å². The van der Waals surface area contributed by atoms with Gasteiger partial charge in [0.25, 0.3) is 0 Å². The van der Waals surface area contributed by atoms with Crippen molar-refractivity contribution in [2.75, 3.05) is 57.8 Å². The number of para-hydroxylation sites is 1. The topological polar surface area (TPSA) is 42.9 Å². The van der Waals surface area contributed by atoms with Crippen LogP contribution in [0.2, 0.25) is 0 Å². The average molecular weight is 459 g/mol. The molecule has 1 aromatic rings. The Morgan fingerprint density at radius 1 is 1.08 bits per heavy atom. The maximum Gasteiger partial charge on any atom is 0.190 e. The molecule has 0 unspecified atom stereocenters. The van der Waals surface area contributed by atoms with Crippen LogP contribution in [-0.4, -0.2) is 63.7 Å². The minimum Gasteiger partial charge on any atom is -0.369 e. The van der Waals surface area contributed by atoms with Gasteiger partial charge in [0.1, 0.15) is 0 Å². The molecular formula is C19H34IN5. The van der Waals surface area contributed by atoms with Gasteiger partial charge in [-0.3, -0.25) is 9.89 Å². The zero-order chi connectivity index (χ0) is 17.2. The third kappa shape index (κ3) is 8.27. The van der Waals surface area contributed by atoms with E-state index in [4.69, 9.17) is 0 Å². The first-order chi connectivity index (χ1) is 11.7. The van der Waals surface area contributed by atoms with Gasteiger partial charge in [0, 0.05) is 52.0 Å². The van der Waals surface area contributed by atoms with Crippen molar-refractivity contribution in [3.05, 3.63) is 30.3 Å². The summed E-state index contributed by atoms with van der Waals surface area (Å²) in [5.74, 6) is 1.54. The Morgan fingerprint density at radius 3 is 2.36 bits per heavy atom. The van der Waals surface area contributed by atoms with Crippen LogP contribution in [0.4, 0.5) is 5.69 Å². The van der Waals surface area contributed by atoms with E-state index in [1.165, 1.54) is 5.69 Å². The fraction of sp³-hybridized carbons (Fsp3) is 0.632. The Kier molecular flexibility index (Phi) is 10.9. The van der Waals surface area contributed by atoms with E-state index in [1.54, 1.807) is 0 Å². The fourth-order valence-corrected chi connectivity index (χ4v) is 2.90. The second-order valence-corrected chi connectivity index (χ2v) is 6.79. The number of halogens is 1. The molecule has 142 valence electrons. The lowest BCUT2D eigenvalue weighted by Gasteiger charge is -2.36. The predicted octanol–water partition coefficient (Wildman–Crippen LogP) is 2.64. The number of nitrogens with one attached hydrogen (secondary N) is 2. The molecule has 0 bridgehead atoms. The van der Waals surface area contributed by atoms with E-state index < -0.39 is 0 Å². The number of hydrogen-bond donors (Lipinski definition) is 2. The maximum atomic E-state index is 4.26. The summed E-state index contributed by atoms with van der Waals surface area (Å²) in [6.07, 6.45) is 1.15. The normalized spacial score (nSPS) is 15.8. The van der Waals surface area contributed by atoms with Gasteiger partial charge in [-0.15, -0.1) is 24.0 Å². The van der Waals surface area contributed by atoms with Crippen LogP contribution in [0.25, 0.3) is 0 Å². The molecule has 6 heteroatoms. The van der Waals surface area contributed by atoms with Crippen LogP contribution in [0.5, 0.6) is 0 Å². The average Bonchev–Trinajstić information content (AvgIpc) is 2.62. The molecule has 1 fully saturated rings. The van der Waals surface area contributed by atoms with E-state index in [0.717, 1.165) is 58.2 Å². The third-order valence-electron chi connectivity index (χ3n) is 4.34. The molecule has 0 amide bonds. The molecule has 1 aliphatic rings. The van der Waals surface area contributed by atoms with Gasteiger partial charge in [-0.25, -0.2) is 0 Å². The van der Waals surface area contributed by atoms with Crippen molar-refractivity contribution < 1.29 is 0 Å². The molecule has 5 nitrogen and oxygen atoms in total. The van der Waals surface area contributed by atoms with Crippen LogP contribution in [0, 0.1) is 5.92 Å². The highest BCUT2D eigenvalue weighted by Crippen LogP contribution is 2.15. The van der Waals surface area contributed by atoms with Crippen molar-refractivity contribution in [1.29, 1.82) is 0 Å². The molecule has 1 aliphatic heterocycles. The first-order valence-corrected chi connectivity index (χ1v) is 9.16. The van der Waals surface area contributed by atoms with Gasteiger partial charge in [-0.1, -0.05) is 32.0 Å². The number of aliphatic imine (C=N–C) groups is 1. The smallest absolute Gasteiger partial charge is 0.190 e. The molecule has 0 saturated carbocycles. The van der Waals surface area contributed by atoms with Crippen molar-refractivity contribution in [2.24, 2.45) is 10.9 Å². The van der Waals surface area contributed by atoms with Crippen LogP contribution >= 0.6 is 24.0 Å². The number of hydrogen-bond acceptors (Lipinski definition) is 3. The molecule has 0 aromatic heterocycles. The summed E-state index contributed by atoms with van der Waals surface area (Å²) >= 11 is 0. The lowest BCUT2D eigenvalue weighted by molar-refractivity contribution is 0.255. The number of rotatable bonds is 7. The molecule has 2 N–H and O–H groups in total. The third-order valence-corrected chi connectivity index (χ3v) is 4.34. The van der Waals surface area contributed by atoms with E-state index in [9.17, 15) is 0 Å². The summed E-state index contributed by atoms with van der Waals surface area (Å²) in [5.41, 5.74) is 1.35. The first-order valence-electron chi connectivity index (χ1n) is 9.16. The van der Waals surface area contributed by atoms with E-state index in [0.29, 0.717) is 5.92 Å². The zero-order valence-corrected chi connectivity index (χ0v) is 18.2. The highest BCUT2D eigenvalue weighted by atomic mass is 127. The summed E-state index contributed by atoms with van der Waals surface area (Å²) in [4.78, 5) is 9.30. The molecule has 1 saturated heterocycles. The molecule has 2 rings (SSSR count). The summed E-state index contributed by atoms with van der Waals surface area (Å²) in [5, 5.41) is 6.75. The van der Waals surface area contributed by atoms with Crippen molar-refractivity contribution in [3.8, 4) is 0 Å². The number of nitrogens with zero attached hydrogens (tertiary/aromatic N) is 3. The predicted molar refractivity (Wildman–Crippen MR) is 119 cm³/mol. The van der Waals surface area contributed by atoms with Gasteiger partial charge < -0.3 is 15.5 Å². The first kappa shape index (κ1) is 22.0. The van der Waals surface area contributed by atoms with Gasteiger partial charge in [-0.05, 0) is 31.0 Å². The SMILES string of the molecule is CN=C(NCCCN1CCN(c2ccccc2)CC1)NCC(C)C.I. The Hall–Kier alpha value is -1.02. The van der Waals surface area contributed by atoms with Crippen LogP contribution in [0.1, 0.15) is 20.3 Å². The summed E-state index contributed by atoms with van der Waals surface area (Å²) in [6, 6.07) is 10.7. The maximum absolute atomic E-state index is 4.26. The number of guanidine groups is 1. The highest BCUT2D eigenvalue weighted by Gasteiger charge is 2.16. The van der Waals surface area contributed by atoms with Crippen molar-refractivity contribution in [3.63, 3.8) is 0 Å². The van der Waals surface area contributed by atoms with Crippen LogP contribution in [0.15, 0.2) is 35.3 Å². The van der Waals surface area contributed by atoms with Crippen molar-refractivity contribution in [1.82, 2.24) is 15.5 Å². The van der Waals surface area contributed by atoms with Crippen LogP contribution in [-0.2, 0) is 0 Å². The Morgan fingerprint density at radius 2 is 1.76 bits per heavy atom. The minimum absolute atomic E-state index is 0. The van der Waals surface area contributed by atoms with Gasteiger partial charge in [0.2, 0.25) is 0 Å². The minimum atomic E-state index is 0. The van der Waals surface area contributed by atoms with Crippen LogP contribution in [0.3, 0.4) is 0 Å². The molecule has 1 heterocycles. The van der Waals surface area contributed by atoms with Gasteiger partial charge in [-0.2, -0.15) is 0 Å². The van der Waals surface area contributed by atoms with Gasteiger partial charge in [0.15, 0.2) is 5.96 Å². The number of benzene rings is 1. The van der Waals surface area contributed by atoms with E-state index >= 15 is 0 Å². The molecule has 0 radical (unpaired) electrons. The monoisotopic (exact) mass is 459 g/mol. The second-order valence-electron chi connectivity index (χ2n) is 6.79. The fourth-order valence-electron chi connectivity index (χ4n) is 2.90. The molecule has 0 aliphatic carbocycles. The van der Waals surface area contributed by atoms with Gasteiger partial charge >= 0.3 is 0 Å². The van der Waals surface area contributed by atoms with Crippen LogP contribution < -0.4 is 15.5 Å². The summed E-state index contributed by atoms with van der Waals surface area (Å²) in [7, 11) is 1.83. The number of piperazine rings is 1. The number of anilines is 1. The Balaban J connectivity index is 0.00000312. The standard InChI is InChI=1S/C19H33N5.HI/c1-17(2)16-22-19(20-3)21-10-7-11-23-12-14-24(15-13-23)18-8-5-4-6-9-18;/h4-6,8-9,17H,7,10-16H2,1-3H3,(H2,20,21,22);1H. The lowest BCUT2D eigenvalue weighted by atomic mass is 10.2. The second kappa shape index (κ2) is 12.4. The molecule has 0 spiro atoms. The van der Waals surface area contributed by atoms with E-state index in [-0.39, 0.29) is 24.0 Å². The largest absolute Gasteiger partial charge is 0.369 e. The Bertz CT molecular complexity index is 484.